The van der Waals surface area contributed by atoms with E-state index in [9.17, 15) is 17.7 Å². The van der Waals surface area contributed by atoms with E-state index in [2.05, 4.69) is 0 Å². The number of halogens is 1. The second-order valence-electron chi connectivity index (χ2n) is 2.30. The molecule has 0 unspecified atom stereocenters. The molecule has 0 fully saturated rings. The Kier molecular flexibility index (Phi) is 5.70. The van der Waals surface area contributed by atoms with Crippen LogP contribution in [-0.2, 0) is 41.6 Å². The molecule has 3 nitrogen and oxygen atoms in total. The molecule has 0 amide bonds. The van der Waals surface area contributed by atoms with Crippen molar-refractivity contribution in [2.45, 2.75) is 5.75 Å². The smallest absolute Gasteiger partial charge is 0.746 e. The van der Waals surface area contributed by atoms with Crippen molar-refractivity contribution in [1.29, 1.82) is 0 Å². The van der Waals surface area contributed by atoms with Crippen LogP contribution in [0.1, 0.15) is 5.56 Å². The molecular formula is C7H6FNiO3S2+. The fourth-order valence-corrected chi connectivity index (χ4v) is 2.03. The first kappa shape index (κ1) is 13.9. The maximum Gasteiger partial charge on any atom is 2.00 e. The van der Waals surface area contributed by atoms with Gasteiger partial charge in [0.25, 0.3) is 0 Å². The Morgan fingerprint density at radius 1 is 1.29 bits per heavy atom. The molecule has 0 N–H and O–H groups in total. The molecule has 0 bridgehead atoms. The van der Waals surface area contributed by atoms with E-state index < -0.39 is 14.9 Å². The molecule has 1 aromatic rings. The number of hydrogen-bond acceptors (Lipinski definition) is 3. The van der Waals surface area contributed by atoms with Gasteiger partial charge in [0.05, 0.1) is 9.05 Å². The monoisotopic (exact) mass is 279 g/mol. The molecule has 0 saturated heterocycles. The van der Waals surface area contributed by atoms with Crippen molar-refractivity contribution in [2.75, 3.05) is 0 Å². The topological polar surface area (TPSA) is 63.2 Å². The van der Waals surface area contributed by atoms with Crippen molar-refractivity contribution >= 4 is 19.4 Å². The first-order chi connectivity index (χ1) is 5.97. The van der Waals surface area contributed by atoms with Crippen LogP contribution in [0.25, 0.3) is 0 Å². The molecule has 14 heavy (non-hydrogen) atoms. The van der Waals surface area contributed by atoms with Gasteiger partial charge >= 0.3 is 16.5 Å². The van der Waals surface area contributed by atoms with Crippen LogP contribution in [0.4, 0.5) is 4.39 Å². The SMILES string of the molecule is O=S([O-])([O-])=[S+]Cc1ccc(F)cc1.[Ni+2]. The maximum absolute atomic E-state index is 12.4. The summed E-state index contributed by atoms with van der Waals surface area (Å²) < 4.78 is 43.0. The summed E-state index contributed by atoms with van der Waals surface area (Å²) in [6.07, 6.45) is 0. The third-order valence-electron chi connectivity index (χ3n) is 1.28. The summed E-state index contributed by atoms with van der Waals surface area (Å²) in [5.74, 6) is -0.342. The molecule has 7 heteroatoms. The van der Waals surface area contributed by atoms with Crippen molar-refractivity contribution < 1.29 is 34.2 Å². The van der Waals surface area contributed by atoms with E-state index in [1.54, 1.807) is 0 Å². The predicted molar refractivity (Wildman–Crippen MR) is 47.2 cm³/mol. The summed E-state index contributed by atoms with van der Waals surface area (Å²) in [5, 5.41) is 0. The summed E-state index contributed by atoms with van der Waals surface area (Å²) in [6.45, 7) is 0. The minimum absolute atomic E-state index is 0. The largest absolute Gasteiger partial charge is 2.00 e. The maximum atomic E-state index is 12.4. The summed E-state index contributed by atoms with van der Waals surface area (Å²) in [4.78, 5) is 0. The molecule has 0 spiro atoms. The zero-order chi connectivity index (χ0) is 9.90. The van der Waals surface area contributed by atoms with Crippen molar-refractivity contribution in [3.8, 4) is 0 Å². The van der Waals surface area contributed by atoms with Gasteiger partial charge in [0, 0.05) is 5.56 Å². The van der Waals surface area contributed by atoms with Crippen LogP contribution in [0.3, 0.4) is 0 Å². The fourth-order valence-electron chi connectivity index (χ4n) is 0.721. The molecule has 0 aliphatic rings. The fraction of sp³-hybridized carbons (Fsp3) is 0.143. The van der Waals surface area contributed by atoms with Crippen molar-refractivity contribution in [3.63, 3.8) is 0 Å². The second kappa shape index (κ2) is 5.73. The van der Waals surface area contributed by atoms with Crippen molar-refractivity contribution in [1.82, 2.24) is 0 Å². The van der Waals surface area contributed by atoms with Gasteiger partial charge in [0.1, 0.15) is 5.82 Å². The van der Waals surface area contributed by atoms with Crippen LogP contribution in [0.5, 0.6) is 0 Å². The third kappa shape index (κ3) is 5.62. The molecule has 1 aromatic carbocycles. The Morgan fingerprint density at radius 2 is 1.79 bits per heavy atom. The molecule has 0 saturated carbocycles. The van der Waals surface area contributed by atoms with Crippen molar-refractivity contribution in [2.24, 2.45) is 0 Å². The minimum atomic E-state index is -4.26. The van der Waals surface area contributed by atoms with Gasteiger partial charge in [-0.2, -0.15) is 0 Å². The van der Waals surface area contributed by atoms with Crippen molar-refractivity contribution in [3.05, 3.63) is 35.6 Å². The van der Waals surface area contributed by atoms with Crippen LogP contribution in [0.15, 0.2) is 24.3 Å². The average molecular weight is 280 g/mol. The first-order valence-corrected chi connectivity index (χ1v) is 6.23. The van der Waals surface area contributed by atoms with Gasteiger partial charge in [-0.1, -0.05) is 12.1 Å². The van der Waals surface area contributed by atoms with Crippen LogP contribution in [-0.4, -0.2) is 13.3 Å². The average Bonchev–Trinajstić information content (AvgIpc) is 2.02. The summed E-state index contributed by atoms with van der Waals surface area (Å²) in [5.41, 5.74) is 0.603. The number of hydrogen-bond donors (Lipinski definition) is 0. The van der Waals surface area contributed by atoms with Crippen LogP contribution in [0.2, 0.25) is 0 Å². The van der Waals surface area contributed by atoms with Crippen LogP contribution >= 0.6 is 0 Å². The molecule has 0 aliphatic carbocycles. The van der Waals surface area contributed by atoms with E-state index in [0.29, 0.717) is 5.56 Å². The van der Waals surface area contributed by atoms with E-state index in [4.69, 9.17) is 0 Å². The summed E-state index contributed by atoms with van der Waals surface area (Å²) in [7, 11) is -3.97. The third-order valence-corrected chi connectivity index (χ3v) is 3.24. The zero-order valence-corrected chi connectivity index (χ0v) is 9.37. The Morgan fingerprint density at radius 3 is 2.21 bits per heavy atom. The molecule has 0 radical (unpaired) electrons. The van der Waals surface area contributed by atoms with Crippen LogP contribution < -0.4 is 0 Å². The normalized spacial score (nSPS) is 10.5. The Hall–Kier alpha value is -0.0665. The number of benzene rings is 1. The molecule has 0 heterocycles. The van der Waals surface area contributed by atoms with Gasteiger partial charge in [-0.3, -0.25) is 0 Å². The summed E-state index contributed by atoms with van der Waals surface area (Å²) in [6, 6.07) is 5.31. The predicted octanol–water partition coefficient (Wildman–Crippen LogP) is 0.866. The van der Waals surface area contributed by atoms with Gasteiger partial charge in [-0.05, 0) is 12.1 Å². The van der Waals surface area contributed by atoms with E-state index >= 15 is 0 Å². The Balaban J connectivity index is 0.00000169. The minimum Gasteiger partial charge on any atom is -0.746 e. The Bertz CT molecular complexity index is 390. The molecule has 0 aliphatic heterocycles. The Labute approximate surface area is 94.9 Å². The van der Waals surface area contributed by atoms with Gasteiger partial charge in [0.2, 0.25) is 16.1 Å². The van der Waals surface area contributed by atoms with E-state index in [0.717, 1.165) is 0 Å². The molecule has 0 aromatic heterocycles. The first-order valence-electron chi connectivity index (χ1n) is 3.32. The summed E-state index contributed by atoms with van der Waals surface area (Å²) >= 11 is 0. The van der Waals surface area contributed by atoms with E-state index in [1.807, 2.05) is 0 Å². The molecular weight excluding hydrogens is 274 g/mol. The molecule has 0 atom stereocenters. The molecule has 1 rings (SSSR count). The van der Waals surface area contributed by atoms with E-state index in [-0.39, 0.29) is 32.6 Å². The van der Waals surface area contributed by atoms with Gasteiger partial charge < -0.3 is 9.11 Å². The number of rotatable bonds is 2. The zero-order valence-electron chi connectivity index (χ0n) is 6.75. The van der Waals surface area contributed by atoms with Gasteiger partial charge in [0.15, 0.2) is 0 Å². The molecule has 80 valence electrons. The van der Waals surface area contributed by atoms with Gasteiger partial charge in [-0.25, -0.2) is 8.60 Å². The van der Waals surface area contributed by atoms with Gasteiger partial charge in [-0.15, -0.1) is 0 Å². The standard InChI is InChI=1S/C7H7FO3S2.Ni/c8-7-3-1-6(2-4-7)5-12-13(9,10)11;/h1-4H,5H2,(H-,9,10,11);/q;+2/p-1. The van der Waals surface area contributed by atoms with E-state index in [1.165, 1.54) is 24.3 Å². The quantitative estimate of drug-likeness (QED) is 0.596. The van der Waals surface area contributed by atoms with Crippen LogP contribution in [0, 0.1) is 5.82 Å². The second-order valence-corrected chi connectivity index (χ2v) is 5.57.